The molecular weight excluding hydrogens is 435 g/mol. The van der Waals surface area contributed by atoms with Crippen LogP contribution in [0.15, 0.2) is 53.4 Å². The van der Waals surface area contributed by atoms with E-state index in [1.165, 1.54) is 24.3 Å². The van der Waals surface area contributed by atoms with Crippen LogP contribution in [0.2, 0.25) is 0 Å². The van der Waals surface area contributed by atoms with Crippen LogP contribution in [-0.2, 0) is 10.0 Å². The van der Waals surface area contributed by atoms with E-state index >= 15 is 0 Å². The monoisotopic (exact) mass is 459 g/mol. The first-order valence-corrected chi connectivity index (χ1v) is 11.0. The largest absolute Gasteiger partial charge is 0.573 e. The molecule has 2 aromatic carbocycles. The molecule has 0 fully saturated rings. The van der Waals surface area contributed by atoms with Crippen LogP contribution in [0.5, 0.6) is 5.75 Å². The zero-order chi connectivity index (χ0) is 23.1. The van der Waals surface area contributed by atoms with Crippen molar-refractivity contribution in [2.24, 2.45) is 0 Å². The number of rotatable bonds is 10. The van der Waals surface area contributed by atoms with Gasteiger partial charge in [0.1, 0.15) is 5.75 Å². The van der Waals surface area contributed by atoms with Gasteiger partial charge in [0.25, 0.3) is 15.9 Å². The maximum absolute atomic E-state index is 12.4. The number of ether oxygens (including phenoxy) is 1. The van der Waals surface area contributed by atoms with Gasteiger partial charge in [0.2, 0.25) is 0 Å². The normalized spacial score (nSPS) is 11.9. The highest BCUT2D eigenvalue weighted by Gasteiger charge is 2.31. The Morgan fingerprint density at radius 1 is 1.00 bits per heavy atom. The van der Waals surface area contributed by atoms with Gasteiger partial charge in [-0.2, -0.15) is 0 Å². The molecule has 2 N–H and O–H groups in total. The molecular formula is C20H24F3N3O4S. The highest BCUT2D eigenvalue weighted by molar-refractivity contribution is 7.92. The van der Waals surface area contributed by atoms with Crippen molar-refractivity contribution in [1.29, 1.82) is 0 Å². The smallest absolute Gasteiger partial charge is 0.406 e. The number of carbonyl (C=O) groups is 1. The molecule has 0 unspecified atom stereocenters. The third kappa shape index (κ3) is 7.76. The predicted molar refractivity (Wildman–Crippen MR) is 110 cm³/mol. The minimum absolute atomic E-state index is 0.204. The Morgan fingerprint density at radius 2 is 1.58 bits per heavy atom. The third-order valence-electron chi connectivity index (χ3n) is 4.37. The number of halogens is 3. The summed E-state index contributed by atoms with van der Waals surface area (Å²) in [5, 5.41) is 2.80. The van der Waals surface area contributed by atoms with Gasteiger partial charge in [0.05, 0.1) is 4.90 Å². The fourth-order valence-corrected chi connectivity index (χ4v) is 3.75. The van der Waals surface area contributed by atoms with Crippen molar-refractivity contribution in [2.45, 2.75) is 25.1 Å². The molecule has 0 bridgehead atoms. The summed E-state index contributed by atoms with van der Waals surface area (Å²) in [6.07, 6.45) is -4.86. The van der Waals surface area contributed by atoms with E-state index < -0.39 is 22.1 Å². The first-order valence-electron chi connectivity index (χ1n) is 9.53. The number of likely N-dealkylation sites (N-methyl/N-ethyl adjacent to an activating group) is 1. The van der Waals surface area contributed by atoms with Crippen LogP contribution < -0.4 is 14.8 Å². The molecule has 2 aromatic rings. The molecule has 0 atom stereocenters. The van der Waals surface area contributed by atoms with E-state index in [2.05, 4.69) is 19.7 Å². The Kier molecular flexibility index (Phi) is 8.28. The lowest BCUT2D eigenvalue weighted by atomic mass is 10.2. The van der Waals surface area contributed by atoms with E-state index in [1.54, 1.807) is 0 Å². The lowest BCUT2D eigenvalue weighted by Crippen LogP contribution is -2.34. The molecule has 0 saturated heterocycles. The first kappa shape index (κ1) is 24.5. The number of anilines is 1. The number of amides is 1. The second-order valence-corrected chi connectivity index (χ2v) is 8.17. The molecule has 1 amide bonds. The average Bonchev–Trinajstić information content (AvgIpc) is 2.70. The predicted octanol–water partition coefficient (Wildman–Crippen LogP) is 3.46. The van der Waals surface area contributed by atoms with Crippen LogP contribution in [0.3, 0.4) is 0 Å². The molecule has 0 heterocycles. The lowest BCUT2D eigenvalue weighted by molar-refractivity contribution is -0.274. The number of sulfonamides is 1. The Morgan fingerprint density at radius 3 is 2.10 bits per heavy atom. The van der Waals surface area contributed by atoms with Gasteiger partial charge in [0, 0.05) is 24.3 Å². The minimum atomic E-state index is -4.86. The first-order chi connectivity index (χ1) is 14.5. The van der Waals surface area contributed by atoms with Crippen molar-refractivity contribution in [3.05, 3.63) is 54.1 Å². The summed E-state index contributed by atoms with van der Waals surface area (Å²) in [4.78, 5) is 14.1. The van der Waals surface area contributed by atoms with Crippen LogP contribution in [0.25, 0.3) is 0 Å². The number of hydrogen-bond acceptors (Lipinski definition) is 5. The van der Waals surface area contributed by atoms with Gasteiger partial charge < -0.3 is 15.0 Å². The van der Waals surface area contributed by atoms with Crippen molar-refractivity contribution in [1.82, 2.24) is 10.2 Å². The SMILES string of the molecule is CCN(CC)CCNC(=O)c1ccc(NS(=O)(=O)c2ccc(OC(F)(F)F)cc2)cc1. The molecule has 0 aliphatic heterocycles. The van der Waals surface area contributed by atoms with E-state index in [1.807, 2.05) is 13.8 Å². The van der Waals surface area contributed by atoms with Gasteiger partial charge in [-0.1, -0.05) is 13.8 Å². The average molecular weight is 459 g/mol. The fourth-order valence-electron chi connectivity index (χ4n) is 2.69. The summed E-state index contributed by atoms with van der Waals surface area (Å²) in [6, 6.07) is 9.63. The van der Waals surface area contributed by atoms with Crippen molar-refractivity contribution >= 4 is 21.6 Å². The minimum Gasteiger partial charge on any atom is -0.406 e. The molecule has 31 heavy (non-hydrogen) atoms. The number of benzene rings is 2. The molecule has 0 spiro atoms. The van der Waals surface area contributed by atoms with Crippen LogP contribution in [-0.4, -0.2) is 51.8 Å². The Labute approximate surface area is 179 Å². The zero-order valence-electron chi connectivity index (χ0n) is 17.1. The molecule has 0 aromatic heterocycles. The Balaban J connectivity index is 1.97. The summed E-state index contributed by atoms with van der Waals surface area (Å²) in [5.74, 6) is -0.801. The summed E-state index contributed by atoms with van der Waals surface area (Å²) < 4.78 is 67.5. The molecule has 11 heteroatoms. The zero-order valence-corrected chi connectivity index (χ0v) is 17.9. The number of hydrogen-bond donors (Lipinski definition) is 2. The van der Waals surface area contributed by atoms with Crippen molar-refractivity contribution in [2.75, 3.05) is 30.9 Å². The Bertz CT molecular complexity index is 959. The number of carbonyl (C=O) groups excluding carboxylic acids is 1. The molecule has 7 nitrogen and oxygen atoms in total. The van der Waals surface area contributed by atoms with Gasteiger partial charge in [-0.25, -0.2) is 8.42 Å². The van der Waals surface area contributed by atoms with Crippen molar-refractivity contribution in [3.8, 4) is 5.75 Å². The quantitative estimate of drug-likeness (QED) is 0.568. The van der Waals surface area contributed by atoms with Crippen LogP contribution >= 0.6 is 0 Å². The van der Waals surface area contributed by atoms with E-state index in [0.717, 1.165) is 43.9 Å². The Hall–Kier alpha value is -2.79. The molecule has 170 valence electrons. The highest BCUT2D eigenvalue weighted by atomic mass is 32.2. The third-order valence-corrected chi connectivity index (χ3v) is 5.77. The number of nitrogens with zero attached hydrogens (tertiary/aromatic N) is 1. The maximum Gasteiger partial charge on any atom is 0.573 e. The van der Waals surface area contributed by atoms with Crippen LogP contribution in [0, 0.1) is 0 Å². The van der Waals surface area contributed by atoms with Crippen molar-refractivity contribution in [3.63, 3.8) is 0 Å². The highest BCUT2D eigenvalue weighted by Crippen LogP contribution is 2.24. The molecule has 0 aliphatic rings. The topological polar surface area (TPSA) is 87.7 Å². The van der Waals surface area contributed by atoms with E-state index in [-0.39, 0.29) is 16.5 Å². The van der Waals surface area contributed by atoms with E-state index in [0.29, 0.717) is 12.1 Å². The van der Waals surface area contributed by atoms with Gasteiger partial charge >= 0.3 is 6.36 Å². The number of nitrogens with one attached hydrogen (secondary N) is 2. The maximum atomic E-state index is 12.4. The van der Waals surface area contributed by atoms with E-state index in [9.17, 15) is 26.4 Å². The summed E-state index contributed by atoms with van der Waals surface area (Å²) in [5.41, 5.74) is 0.575. The summed E-state index contributed by atoms with van der Waals surface area (Å²) >= 11 is 0. The second-order valence-electron chi connectivity index (χ2n) is 6.48. The number of alkyl halides is 3. The fraction of sp³-hybridized carbons (Fsp3) is 0.350. The van der Waals surface area contributed by atoms with Gasteiger partial charge in [0.15, 0.2) is 0 Å². The van der Waals surface area contributed by atoms with Gasteiger partial charge in [-0.15, -0.1) is 13.2 Å². The van der Waals surface area contributed by atoms with Crippen molar-refractivity contribution < 1.29 is 31.1 Å². The molecule has 0 aliphatic carbocycles. The summed E-state index contributed by atoms with van der Waals surface area (Å²) in [7, 11) is -4.03. The second kappa shape index (κ2) is 10.5. The molecule has 2 rings (SSSR count). The van der Waals surface area contributed by atoms with Crippen LogP contribution in [0.4, 0.5) is 18.9 Å². The van der Waals surface area contributed by atoms with Crippen LogP contribution in [0.1, 0.15) is 24.2 Å². The van der Waals surface area contributed by atoms with E-state index in [4.69, 9.17) is 0 Å². The van der Waals surface area contributed by atoms with Gasteiger partial charge in [-0.05, 0) is 61.6 Å². The standard InChI is InChI=1S/C20H24F3N3O4S/c1-3-26(4-2)14-13-24-19(27)15-5-7-16(8-6-15)25-31(28,29)18-11-9-17(10-12-18)30-20(21,22)23/h5-12,25H,3-4,13-14H2,1-2H3,(H,24,27). The summed E-state index contributed by atoms with van der Waals surface area (Å²) in [6.45, 7) is 7.07. The molecule has 0 saturated carbocycles. The molecule has 0 radical (unpaired) electrons. The van der Waals surface area contributed by atoms with Gasteiger partial charge in [-0.3, -0.25) is 9.52 Å². The lowest BCUT2D eigenvalue weighted by Gasteiger charge is -2.18.